The molecule has 2 N–H and O–H groups in total. The lowest BCUT2D eigenvalue weighted by molar-refractivity contribution is 0.0949. The molecule has 126 valence electrons. The lowest BCUT2D eigenvalue weighted by atomic mass is 10.1. The third-order valence-corrected chi connectivity index (χ3v) is 3.52. The Bertz CT molecular complexity index is 762. The molecular weight excluding hydrogens is 331 g/mol. The molecule has 2 aromatic rings. The van der Waals surface area contributed by atoms with Gasteiger partial charge in [-0.3, -0.25) is 9.59 Å². The third-order valence-electron chi connectivity index (χ3n) is 3.24. The fourth-order valence-corrected chi connectivity index (χ4v) is 2.16. The maximum absolute atomic E-state index is 13.1. The summed E-state index contributed by atoms with van der Waals surface area (Å²) in [5.74, 6) is -0.860. The molecule has 0 fully saturated rings. The van der Waals surface area contributed by atoms with Crippen LogP contribution in [0.15, 0.2) is 42.5 Å². The first kappa shape index (κ1) is 17.9. The number of rotatable bonds is 5. The van der Waals surface area contributed by atoms with Crippen LogP contribution in [0.25, 0.3) is 0 Å². The summed E-state index contributed by atoms with van der Waals surface area (Å²) in [6, 6.07) is 10.3. The van der Waals surface area contributed by atoms with Crippen LogP contribution in [0, 0.1) is 11.7 Å². The van der Waals surface area contributed by atoms with E-state index in [9.17, 15) is 14.0 Å². The molecule has 0 radical (unpaired) electrons. The number of hydrogen-bond acceptors (Lipinski definition) is 2. The van der Waals surface area contributed by atoms with Crippen molar-refractivity contribution in [2.45, 2.75) is 13.8 Å². The van der Waals surface area contributed by atoms with E-state index in [0.717, 1.165) is 0 Å². The van der Waals surface area contributed by atoms with Gasteiger partial charge < -0.3 is 10.6 Å². The van der Waals surface area contributed by atoms with Crippen LogP contribution in [0.1, 0.15) is 34.6 Å². The van der Waals surface area contributed by atoms with Crippen LogP contribution in [0.2, 0.25) is 5.02 Å². The van der Waals surface area contributed by atoms with E-state index in [1.807, 2.05) is 13.8 Å². The molecule has 0 aliphatic rings. The molecule has 0 saturated heterocycles. The lowest BCUT2D eigenvalue weighted by Crippen LogP contribution is -2.27. The number of anilines is 1. The van der Waals surface area contributed by atoms with Gasteiger partial charge in [-0.15, -0.1) is 0 Å². The summed E-state index contributed by atoms with van der Waals surface area (Å²) in [7, 11) is 0. The van der Waals surface area contributed by atoms with E-state index in [2.05, 4.69) is 10.6 Å². The summed E-state index contributed by atoms with van der Waals surface area (Å²) in [5, 5.41) is 5.34. The normalized spacial score (nSPS) is 10.5. The minimum atomic E-state index is -0.557. The van der Waals surface area contributed by atoms with Crippen molar-refractivity contribution in [3.05, 3.63) is 64.4 Å². The second-order valence-corrected chi connectivity index (χ2v) is 6.17. The highest BCUT2D eigenvalue weighted by Crippen LogP contribution is 2.20. The molecule has 0 unspecified atom stereocenters. The van der Waals surface area contributed by atoms with Gasteiger partial charge in [0.2, 0.25) is 0 Å². The van der Waals surface area contributed by atoms with Gasteiger partial charge in [-0.2, -0.15) is 0 Å². The van der Waals surface area contributed by atoms with E-state index in [1.54, 1.807) is 18.2 Å². The summed E-state index contributed by atoms with van der Waals surface area (Å²) in [6.45, 7) is 4.55. The van der Waals surface area contributed by atoms with Crippen molar-refractivity contribution in [3.63, 3.8) is 0 Å². The Morgan fingerprint density at radius 1 is 1.08 bits per heavy atom. The standard InChI is InChI=1S/C18H18ClFN2O2/c1-11(2)10-21-17(23)12-4-3-5-13(8-12)18(24)22-14-6-7-16(20)15(19)9-14/h3-9,11H,10H2,1-2H3,(H,21,23)(H,22,24). The lowest BCUT2D eigenvalue weighted by Gasteiger charge is -2.09. The molecule has 0 bridgehead atoms. The number of benzene rings is 2. The van der Waals surface area contributed by atoms with Gasteiger partial charge in [-0.1, -0.05) is 31.5 Å². The topological polar surface area (TPSA) is 58.2 Å². The Hall–Kier alpha value is -2.40. The van der Waals surface area contributed by atoms with Gasteiger partial charge in [-0.05, 0) is 42.3 Å². The zero-order chi connectivity index (χ0) is 17.7. The summed E-state index contributed by atoms with van der Waals surface area (Å²) in [4.78, 5) is 24.3. The number of hydrogen-bond donors (Lipinski definition) is 2. The van der Waals surface area contributed by atoms with Gasteiger partial charge in [0.25, 0.3) is 11.8 Å². The third kappa shape index (κ3) is 4.80. The van der Waals surface area contributed by atoms with Crippen molar-refractivity contribution < 1.29 is 14.0 Å². The molecular formula is C18H18ClFN2O2. The molecule has 24 heavy (non-hydrogen) atoms. The second-order valence-electron chi connectivity index (χ2n) is 5.77. The Labute approximate surface area is 145 Å². The Morgan fingerprint density at radius 2 is 1.75 bits per heavy atom. The molecule has 2 aromatic carbocycles. The first-order valence-electron chi connectivity index (χ1n) is 7.51. The van der Waals surface area contributed by atoms with E-state index < -0.39 is 11.7 Å². The van der Waals surface area contributed by atoms with E-state index in [4.69, 9.17) is 11.6 Å². The van der Waals surface area contributed by atoms with Gasteiger partial charge in [0.15, 0.2) is 0 Å². The molecule has 0 spiro atoms. The Morgan fingerprint density at radius 3 is 2.38 bits per heavy atom. The second kappa shape index (κ2) is 7.93. The van der Waals surface area contributed by atoms with Gasteiger partial charge >= 0.3 is 0 Å². The SMILES string of the molecule is CC(C)CNC(=O)c1cccc(C(=O)Nc2ccc(F)c(Cl)c2)c1. The van der Waals surface area contributed by atoms with Crippen molar-refractivity contribution >= 4 is 29.1 Å². The van der Waals surface area contributed by atoms with Crippen molar-refractivity contribution in [3.8, 4) is 0 Å². The maximum Gasteiger partial charge on any atom is 0.255 e. The smallest absolute Gasteiger partial charge is 0.255 e. The predicted octanol–water partition coefficient (Wildman–Crippen LogP) is 4.12. The molecule has 0 saturated carbocycles. The monoisotopic (exact) mass is 348 g/mol. The first-order valence-corrected chi connectivity index (χ1v) is 7.89. The molecule has 0 aliphatic heterocycles. The van der Waals surface area contributed by atoms with Crippen LogP contribution >= 0.6 is 11.6 Å². The van der Waals surface area contributed by atoms with Gasteiger partial charge in [0.05, 0.1) is 5.02 Å². The Balaban J connectivity index is 2.11. The highest BCUT2D eigenvalue weighted by atomic mass is 35.5. The summed E-state index contributed by atoms with van der Waals surface area (Å²) < 4.78 is 13.1. The number of carbonyl (C=O) groups excluding carboxylic acids is 2. The Kier molecular flexibility index (Phi) is 5.93. The zero-order valence-electron chi connectivity index (χ0n) is 13.4. The summed E-state index contributed by atoms with van der Waals surface area (Å²) >= 11 is 5.69. The van der Waals surface area contributed by atoms with Crippen LogP contribution in [0.3, 0.4) is 0 Å². The molecule has 0 atom stereocenters. The zero-order valence-corrected chi connectivity index (χ0v) is 14.2. The maximum atomic E-state index is 13.1. The molecule has 0 aromatic heterocycles. The largest absolute Gasteiger partial charge is 0.352 e. The van der Waals surface area contributed by atoms with Crippen molar-refractivity contribution in [2.24, 2.45) is 5.92 Å². The molecule has 0 heterocycles. The molecule has 4 nitrogen and oxygen atoms in total. The molecule has 2 rings (SSSR count). The molecule has 6 heteroatoms. The van der Waals surface area contributed by atoms with Gasteiger partial charge in [0, 0.05) is 23.4 Å². The van der Waals surface area contributed by atoms with E-state index in [0.29, 0.717) is 29.3 Å². The van der Waals surface area contributed by atoms with Crippen molar-refractivity contribution in [2.75, 3.05) is 11.9 Å². The number of amides is 2. The van der Waals surface area contributed by atoms with Crippen molar-refractivity contribution in [1.29, 1.82) is 0 Å². The number of nitrogens with one attached hydrogen (secondary N) is 2. The van der Waals surface area contributed by atoms with Crippen LogP contribution in [-0.2, 0) is 0 Å². The van der Waals surface area contributed by atoms with E-state index in [1.165, 1.54) is 24.3 Å². The van der Waals surface area contributed by atoms with Crippen LogP contribution in [-0.4, -0.2) is 18.4 Å². The quantitative estimate of drug-likeness (QED) is 0.854. The van der Waals surface area contributed by atoms with E-state index in [-0.39, 0.29) is 10.9 Å². The predicted molar refractivity (Wildman–Crippen MR) is 93.0 cm³/mol. The van der Waals surface area contributed by atoms with Gasteiger partial charge in [-0.25, -0.2) is 4.39 Å². The fraction of sp³-hybridized carbons (Fsp3) is 0.222. The van der Waals surface area contributed by atoms with E-state index >= 15 is 0 Å². The molecule has 2 amide bonds. The highest BCUT2D eigenvalue weighted by Gasteiger charge is 2.11. The first-order chi connectivity index (χ1) is 11.4. The number of carbonyl (C=O) groups is 2. The van der Waals surface area contributed by atoms with Gasteiger partial charge in [0.1, 0.15) is 5.82 Å². The summed E-state index contributed by atoms with van der Waals surface area (Å²) in [5.41, 5.74) is 1.11. The fourth-order valence-electron chi connectivity index (χ4n) is 1.98. The van der Waals surface area contributed by atoms with Crippen molar-refractivity contribution in [1.82, 2.24) is 5.32 Å². The minimum absolute atomic E-state index is 0.0744. The highest BCUT2D eigenvalue weighted by molar-refractivity contribution is 6.31. The average molecular weight is 349 g/mol. The summed E-state index contributed by atoms with van der Waals surface area (Å²) in [6.07, 6.45) is 0. The average Bonchev–Trinajstić information content (AvgIpc) is 2.56. The molecule has 0 aliphatic carbocycles. The van der Waals surface area contributed by atoms with Crippen LogP contribution < -0.4 is 10.6 Å². The minimum Gasteiger partial charge on any atom is -0.352 e. The van der Waals surface area contributed by atoms with Crippen LogP contribution in [0.4, 0.5) is 10.1 Å². The van der Waals surface area contributed by atoms with Crippen LogP contribution in [0.5, 0.6) is 0 Å². The number of halogens is 2.